The summed E-state index contributed by atoms with van der Waals surface area (Å²) in [7, 11) is 0. The van der Waals surface area contributed by atoms with Crippen LogP contribution in [0.15, 0.2) is 71.8 Å². The van der Waals surface area contributed by atoms with Crippen LogP contribution in [0, 0.1) is 0 Å². The lowest BCUT2D eigenvalue weighted by Crippen LogP contribution is -2.17. The first-order valence-corrected chi connectivity index (χ1v) is 8.22. The summed E-state index contributed by atoms with van der Waals surface area (Å²) < 4.78 is 3.36. The maximum atomic E-state index is 12.6. The third-order valence-corrected chi connectivity index (χ3v) is 4.41. The van der Waals surface area contributed by atoms with Gasteiger partial charge in [-0.1, -0.05) is 30.3 Å². The zero-order valence-electron chi connectivity index (χ0n) is 13.7. The van der Waals surface area contributed by atoms with E-state index in [1.54, 1.807) is 15.6 Å². The second-order valence-electron chi connectivity index (χ2n) is 6.06. The van der Waals surface area contributed by atoms with Crippen LogP contribution >= 0.6 is 0 Å². The average molecular weight is 342 g/mol. The molecule has 0 aliphatic heterocycles. The van der Waals surface area contributed by atoms with E-state index in [-0.39, 0.29) is 5.56 Å². The summed E-state index contributed by atoms with van der Waals surface area (Å²) >= 11 is 0. The van der Waals surface area contributed by atoms with E-state index in [2.05, 4.69) is 20.4 Å². The first-order valence-electron chi connectivity index (χ1n) is 8.22. The van der Waals surface area contributed by atoms with E-state index in [1.165, 1.54) is 0 Å². The van der Waals surface area contributed by atoms with Crippen LogP contribution < -0.4 is 5.56 Å². The monoisotopic (exact) mass is 342 g/mol. The molecule has 5 rings (SSSR count). The van der Waals surface area contributed by atoms with E-state index in [1.807, 2.05) is 60.8 Å². The normalized spacial score (nSPS) is 11.4. The number of hydrogen-bond acceptors (Lipinski definition) is 4. The number of aromatic nitrogens is 6. The number of nitrogens with zero attached hydrogens (tertiary/aromatic N) is 5. The van der Waals surface area contributed by atoms with E-state index in [0.29, 0.717) is 17.6 Å². The van der Waals surface area contributed by atoms with Gasteiger partial charge in [0, 0.05) is 17.8 Å². The summed E-state index contributed by atoms with van der Waals surface area (Å²) in [6, 6.07) is 17.4. The van der Waals surface area contributed by atoms with E-state index in [0.717, 1.165) is 22.2 Å². The Labute approximate surface area is 147 Å². The summed E-state index contributed by atoms with van der Waals surface area (Å²) in [5.41, 5.74) is 3.64. The van der Waals surface area contributed by atoms with Crippen molar-refractivity contribution in [2.24, 2.45) is 0 Å². The summed E-state index contributed by atoms with van der Waals surface area (Å²) in [6.45, 7) is 0.433. The van der Waals surface area contributed by atoms with Gasteiger partial charge >= 0.3 is 0 Å². The first-order chi connectivity index (χ1) is 12.8. The number of nitrogens with one attached hydrogen (secondary N) is 1. The molecule has 2 aromatic carbocycles. The molecule has 0 aliphatic carbocycles. The summed E-state index contributed by atoms with van der Waals surface area (Å²) in [5, 5.41) is 16.5. The molecule has 7 nitrogen and oxygen atoms in total. The minimum atomic E-state index is -0.172. The molecule has 0 saturated heterocycles. The zero-order valence-corrected chi connectivity index (χ0v) is 13.7. The van der Waals surface area contributed by atoms with Gasteiger partial charge in [-0.3, -0.25) is 9.89 Å². The van der Waals surface area contributed by atoms with Gasteiger partial charge in [0.25, 0.3) is 5.56 Å². The lowest BCUT2D eigenvalue weighted by molar-refractivity contribution is 0.672. The Morgan fingerprint density at radius 3 is 2.62 bits per heavy atom. The topological polar surface area (TPSA) is 81.4 Å². The van der Waals surface area contributed by atoms with Crippen LogP contribution in [0.25, 0.3) is 27.6 Å². The Kier molecular flexibility index (Phi) is 3.18. The number of benzene rings is 2. The highest BCUT2D eigenvalue weighted by atomic mass is 16.1. The fourth-order valence-corrected chi connectivity index (χ4v) is 3.10. The quantitative estimate of drug-likeness (QED) is 0.546. The lowest BCUT2D eigenvalue weighted by atomic mass is 10.2. The van der Waals surface area contributed by atoms with E-state index >= 15 is 0 Å². The lowest BCUT2D eigenvalue weighted by Gasteiger charge is -2.05. The third kappa shape index (κ3) is 2.29. The van der Waals surface area contributed by atoms with Gasteiger partial charge in [0.05, 0.1) is 23.3 Å². The zero-order chi connectivity index (χ0) is 17.5. The minimum absolute atomic E-state index is 0.172. The Balaban J connectivity index is 1.54. The van der Waals surface area contributed by atoms with Gasteiger partial charge in [0.15, 0.2) is 5.52 Å². The third-order valence-electron chi connectivity index (χ3n) is 4.41. The number of rotatable bonds is 3. The minimum Gasteiger partial charge on any atom is -0.292 e. The van der Waals surface area contributed by atoms with Crippen molar-refractivity contribution in [3.05, 3.63) is 82.9 Å². The van der Waals surface area contributed by atoms with Crippen molar-refractivity contribution in [3.8, 4) is 5.69 Å². The van der Waals surface area contributed by atoms with Crippen LogP contribution in [0.5, 0.6) is 0 Å². The van der Waals surface area contributed by atoms with Gasteiger partial charge in [0.1, 0.15) is 0 Å². The highest BCUT2D eigenvalue weighted by molar-refractivity contribution is 6.00. The highest BCUT2D eigenvalue weighted by Crippen LogP contribution is 2.18. The number of hydrogen-bond donors (Lipinski definition) is 1. The maximum Gasteiger partial charge on any atom is 0.295 e. The Hall–Kier alpha value is -3.74. The van der Waals surface area contributed by atoms with Crippen molar-refractivity contribution in [1.29, 1.82) is 0 Å². The molecule has 0 spiro atoms. The smallest absolute Gasteiger partial charge is 0.292 e. The van der Waals surface area contributed by atoms with Crippen LogP contribution in [0.2, 0.25) is 0 Å². The van der Waals surface area contributed by atoms with Crippen molar-refractivity contribution in [2.75, 3.05) is 0 Å². The molecule has 3 heterocycles. The van der Waals surface area contributed by atoms with Gasteiger partial charge in [-0.25, -0.2) is 9.36 Å². The molecule has 0 amide bonds. The average Bonchev–Trinajstić information content (AvgIpc) is 3.32. The molecular formula is C19H14N6O. The number of fused-ring (bicyclic) bond motifs is 3. The highest BCUT2D eigenvalue weighted by Gasteiger charge is 2.12. The molecule has 1 N–H and O–H groups in total. The Morgan fingerprint density at radius 1 is 0.962 bits per heavy atom. The van der Waals surface area contributed by atoms with Crippen LogP contribution in [-0.4, -0.2) is 29.8 Å². The fourth-order valence-electron chi connectivity index (χ4n) is 3.10. The van der Waals surface area contributed by atoms with Crippen molar-refractivity contribution >= 4 is 21.9 Å². The largest absolute Gasteiger partial charge is 0.295 e. The molecule has 0 aliphatic rings. The molecule has 5 aromatic rings. The molecule has 0 saturated carbocycles. The van der Waals surface area contributed by atoms with Crippen LogP contribution in [0.1, 0.15) is 5.56 Å². The first kappa shape index (κ1) is 14.6. The Bertz CT molecular complexity index is 1270. The molecule has 0 bridgehead atoms. The SMILES string of the molecule is O=c1c2nnc3ccccc3c2[nH]n1Cc1ccc(-n2cccn2)cc1. The molecule has 26 heavy (non-hydrogen) atoms. The maximum absolute atomic E-state index is 12.6. The Morgan fingerprint density at radius 2 is 1.81 bits per heavy atom. The number of H-pyrrole nitrogens is 1. The predicted molar refractivity (Wildman–Crippen MR) is 98.3 cm³/mol. The molecule has 0 atom stereocenters. The van der Waals surface area contributed by atoms with Gasteiger partial charge < -0.3 is 0 Å². The van der Waals surface area contributed by atoms with Crippen molar-refractivity contribution in [2.45, 2.75) is 6.54 Å². The molecule has 3 aromatic heterocycles. The predicted octanol–water partition coefficient (Wildman–Crippen LogP) is 2.51. The van der Waals surface area contributed by atoms with Crippen LogP contribution in [-0.2, 0) is 6.54 Å². The van der Waals surface area contributed by atoms with Gasteiger partial charge in [-0.05, 0) is 29.8 Å². The van der Waals surface area contributed by atoms with Gasteiger partial charge in [-0.15, -0.1) is 10.2 Å². The molecule has 0 radical (unpaired) electrons. The molecule has 0 unspecified atom stereocenters. The molecule has 126 valence electrons. The van der Waals surface area contributed by atoms with E-state index in [4.69, 9.17) is 0 Å². The van der Waals surface area contributed by atoms with Crippen molar-refractivity contribution in [1.82, 2.24) is 29.8 Å². The molecule has 7 heteroatoms. The number of aromatic amines is 1. The molecule has 0 fully saturated rings. The van der Waals surface area contributed by atoms with Gasteiger partial charge in [0.2, 0.25) is 0 Å². The van der Waals surface area contributed by atoms with Crippen LogP contribution in [0.3, 0.4) is 0 Å². The fraction of sp³-hybridized carbons (Fsp3) is 0.0526. The van der Waals surface area contributed by atoms with Crippen molar-refractivity contribution in [3.63, 3.8) is 0 Å². The summed E-state index contributed by atoms with van der Waals surface area (Å²) in [4.78, 5) is 12.6. The second-order valence-corrected chi connectivity index (χ2v) is 6.06. The van der Waals surface area contributed by atoms with Gasteiger partial charge in [-0.2, -0.15) is 5.10 Å². The molecular weight excluding hydrogens is 328 g/mol. The van der Waals surface area contributed by atoms with Crippen LogP contribution in [0.4, 0.5) is 0 Å². The summed E-state index contributed by atoms with van der Waals surface area (Å²) in [6.07, 6.45) is 3.63. The van der Waals surface area contributed by atoms with Crippen molar-refractivity contribution < 1.29 is 0 Å². The summed E-state index contributed by atoms with van der Waals surface area (Å²) in [5.74, 6) is 0. The van der Waals surface area contributed by atoms with E-state index < -0.39 is 0 Å². The van der Waals surface area contributed by atoms with E-state index in [9.17, 15) is 4.79 Å². The standard InChI is InChI=1S/C19H14N6O/c26-19-18-17(15-4-1-2-5-16(15)21-22-18)23-25(19)12-13-6-8-14(9-7-13)24-11-3-10-20-24/h1-11,23H,12H2. The second kappa shape index (κ2) is 5.66.